The normalized spacial score (nSPS) is 18.4. The maximum atomic E-state index is 12.8. The molecule has 31 heavy (non-hydrogen) atoms. The van der Waals surface area contributed by atoms with E-state index in [1.807, 2.05) is 16.7 Å². The molecule has 2 aliphatic heterocycles. The largest absolute Gasteiger partial charge is 0.375 e. The van der Waals surface area contributed by atoms with E-state index in [1.165, 1.54) is 18.2 Å². The zero-order valence-electron chi connectivity index (χ0n) is 18.6. The van der Waals surface area contributed by atoms with Crippen molar-refractivity contribution in [3.05, 3.63) is 52.5 Å². The first-order chi connectivity index (χ1) is 15.0. The van der Waals surface area contributed by atoms with Crippen LogP contribution in [0, 0.1) is 13.8 Å². The van der Waals surface area contributed by atoms with Gasteiger partial charge < -0.3 is 9.64 Å². The SMILES string of the molecule is COCC(=O)N1CCC(c2nc(C)c3c(n2)N(CCc2cccc(C)c2)C(=O)CC3)C1. The number of hydrogen-bond donors (Lipinski definition) is 0. The van der Waals surface area contributed by atoms with Gasteiger partial charge in [-0.05, 0) is 38.7 Å². The molecule has 0 radical (unpaired) electrons. The summed E-state index contributed by atoms with van der Waals surface area (Å²) in [5, 5.41) is 0. The van der Waals surface area contributed by atoms with Gasteiger partial charge in [0.25, 0.3) is 0 Å². The zero-order valence-corrected chi connectivity index (χ0v) is 18.6. The third kappa shape index (κ3) is 4.61. The number of likely N-dealkylation sites (tertiary alicyclic amines) is 1. The van der Waals surface area contributed by atoms with E-state index in [4.69, 9.17) is 14.7 Å². The average Bonchev–Trinajstić information content (AvgIpc) is 3.23. The molecule has 2 amide bonds. The number of methoxy groups -OCH3 is 1. The summed E-state index contributed by atoms with van der Waals surface area (Å²) >= 11 is 0. The molecule has 1 atom stereocenters. The van der Waals surface area contributed by atoms with E-state index in [0.717, 1.165) is 35.7 Å². The number of hydrogen-bond acceptors (Lipinski definition) is 5. The minimum atomic E-state index is -0.00496. The Morgan fingerprint density at radius 3 is 2.84 bits per heavy atom. The molecule has 0 N–H and O–H groups in total. The van der Waals surface area contributed by atoms with E-state index in [-0.39, 0.29) is 24.3 Å². The van der Waals surface area contributed by atoms with E-state index in [1.54, 1.807) is 0 Å². The number of ether oxygens (including phenoxy) is 1. The van der Waals surface area contributed by atoms with Crippen LogP contribution in [0.5, 0.6) is 0 Å². The summed E-state index contributed by atoms with van der Waals surface area (Å²) in [6.45, 7) is 6.06. The van der Waals surface area contributed by atoms with Gasteiger partial charge in [-0.25, -0.2) is 9.97 Å². The molecule has 1 aromatic carbocycles. The van der Waals surface area contributed by atoms with Crippen molar-refractivity contribution in [2.45, 2.75) is 45.4 Å². The second kappa shape index (κ2) is 9.14. The molecule has 0 spiro atoms. The lowest BCUT2D eigenvalue weighted by atomic mass is 10.0. The van der Waals surface area contributed by atoms with Gasteiger partial charge in [0.1, 0.15) is 18.2 Å². The number of rotatable bonds is 6. The number of nitrogens with zero attached hydrogens (tertiary/aromatic N) is 4. The highest BCUT2D eigenvalue weighted by atomic mass is 16.5. The topological polar surface area (TPSA) is 75.6 Å². The maximum Gasteiger partial charge on any atom is 0.248 e. The molecule has 2 aliphatic rings. The van der Waals surface area contributed by atoms with Crippen LogP contribution in [0.4, 0.5) is 5.82 Å². The predicted molar refractivity (Wildman–Crippen MR) is 118 cm³/mol. The Hall–Kier alpha value is -2.80. The van der Waals surface area contributed by atoms with Crippen molar-refractivity contribution in [3.63, 3.8) is 0 Å². The molecule has 0 bridgehead atoms. The van der Waals surface area contributed by atoms with Gasteiger partial charge in [-0.15, -0.1) is 0 Å². The highest BCUT2D eigenvalue weighted by Crippen LogP contribution is 2.32. The molecule has 3 heterocycles. The van der Waals surface area contributed by atoms with Crippen LogP contribution in [0.1, 0.15) is 47.0 Å². The van der Waals surface area contributed by atoms with Gasteiger partial charge in [0.05, 0.1) is 0 Å². The molecular weight excluding hydrogens is 392 g/mol. The number of carbonyl (C=O) groups is 2. The van der Waals surface area contributed by atoms with Crippen molar-refractivity contribution >= 4 is 17.6 Å². The van der Waals surface area contributed by atoms with Crippen LogP contribution in [-0.4, -0.2) is 60.0 Å². The molecule has 4 rings (SSSR count). The van der Waals surface area contributed by atoms with Gasteiger partial charge >= 0.3 is 0 Å². The molecule has 1 unspecified atom stereocenters. The molecule has 1 fully saturated rings. The molecule has 7 heteroatoms. The summed E-state index contributed by atoms with van der Waals surface area (Å²) in [5.41, 5.74) is 4.44. The van der Waals surface area contributed by atoms with Gasteiger partial charge in [0, 0.05) is 50.3 Å². The fraction of sp³-hybridized carbons (Fsp3) is 0.500. The van der Waals surface area contributed by atoms with Crippen molar-refractivity contribution in [3.8, 4) is 0 Å². The minimum Gasteiger partial charge on any atom is -0.375 e. The van der Waals surface area contributed by atoms with Crippen LogP contribution in [0.25, 0.3) is 0 Å². The second-order valence-electron chi connectivity index (χ2n) is 8.51. The quantitative estimate of drug-likeness (QED) is 0.715. The van der Waals surface area contributed by atoms with Gasteiger partial charge in [-0.1, -0.05) is 29.8 Å². The Kier molecular flexibility index (Phi) is 6.32. The van der Waals surface area contributed by atoms with Crippen LogP contribution < -0.4 is 4.90 Å². The smallest absolute Gasteiger partial charge is 0.248 e. The summed E-state index contributed by atoms with van der Waals surface area (Å²) < 4.78 is 4.98. The Morgan fingerprint density at radius 2 is 2.06 bits per heavy atom. The van der Waals surface area contributed by atoms with Gasteiger partial charge in [0.15, 0.2) is 0 Å². The van der Waals surface area contributed by atoms with E-state index < -0.39 is 0 Å². The first kappa shape index (κ1) is 21.4. The molecule has 7 nitrogen and oxygen atoms in total. The van der Waals surface area contributed by atoms with Crippen LogP contribution in [0.15, 0.2) is 24.3 Å². The number of aromatic nitrogens is 2. The van der Waals surface area contributed by atoms with Crippen molar-refractivity contribution in [1.82, 2.24) is 14.9 Å². The van der Waals surface area contributed by atoms with E-state index in [9.17, 15) is 9.59 Å². The van der Waals surface area contributed by atoms with Gasteiger partial charge in [0.2, 0.25) is 11.8 Å². The number of carbonyl (C=O) groups excluding carboxylic acids is 2. The predicted octanol–water partition coefficient (Wildman–Crippen LogP) is 2.58. The standard InChI is InChI=1S/C24H30N4O3/c1-16-5-4-6-18(13-16)9-12-28-21(29)8-7-20-17(2)25-23(26-24(20)28)19-10-11-27(14-19)22(30)15-31-3/h4-6,13,19H,7-12,14-15H2,1-3H3. The third-order valence-corrected chi connectivity index (χ3v) is 6.24. The Morgan fingerprint density at radius 1 is 1.23 bits per heavy atom. The summed E-state index contributed by atoms with van der Waals surface area (Å²) in [7, 11) is 1.53. The van der Waals surface area contributed by atoms with E-state index in [2.05, 4.69) is 31.2 Å². The van der Waals surface area contributed by atoms with E-state index >= 15 is 0 Å². The summed E-state index contributed by atoms with van der Waals surface area (Å²) in [6, 6.07) is 8.40. The fourth-order valence-electron chi connectivity index (χ4n) is 4.54. The highest BCUT2D eigenvalue weighted by Gasteiger charge is 2.33. The zero-order chi connectivity index (χ0) is 22.0. The van der Waals surface area contributed by atoms with Crippen LogP contribution in [0.2, 0.25) is 0 Å². The molecular formula is C24H30N4O3. The van der Waals surface area contributed by atoms with Gasteiger partial charge in [-0.2, -0.15) is 0 Å². The maximum absolute atomic E-state index is 12.8. The summed E-state index contributed by atoms with van der Waals surface area (Å²) in [6.07, 6.45) is 2.79. The molecule has 1 saturated heterocycles. The van der Waals surface area contributed by atoms with E-state index in [0.29, 0.717) is 32.5 Å². The molecule has 0 saturated carbocycles. The van der Waals surface area contributed by atoms with Crippen LogP contribution >= 0.6 is 0 Å². The summed E-state index contributed by atoms with van der Waals surface area (Å²) in [5.74, 6) is 1.69. The molecule has 0 aliphatic carbocycles. The Balaban J connectivity index is 1.56. The number of amides is 2. The second-order valence-corrected chi connectivity index (χ2v) is 8.51. The van der Waals surface area contributed by atoms with Crippen molar-refractivity contribution in [2.75, 3.05) is 38.3 Å². The fourth-order valence-corrected chi connectivity index (χ4v) is 4.54. The molecule has 1 aromatic heterocycles. The number of anilines is 1. The lowest BCUT2D eigenvalue weighted by Gasteiger charge is -2.30. The number of aryl methyl sites for hydroxylation is 2. The average molecular weight is 423 g/mol. The number of fused-ring (bicyclic) bond motifs is 1. The number of benzene rings is 1. The Labute approximate surface area is 183 Å². The monoisotopic (exact) mass is 422 g/mol. The lowest BCUT2D eigenvalue weighted by Crippen LogP contribution is -2.38. The lowest BCUT2D eigenvalue weighted by molar-refractivity contribution is -0.134. The van der Waals surface area contributed by atoms with Crippen molar-refractivity contribution in [1.29, 1.82) is 0 Å². The van der Waals surface area contributed by atoms with Gasteiger partial charge in [-0.3, -0.25) is 14.5 Å². The van der Waals surface area contributed by atoms with Crippen molar-refractivity contribution < 1.29 is 14.3 Å². The first-order valence-corrected chi connectivity index (χ1v) is 11.0. The first-order valence-electron chi connectivity index (χ1n) is 11.0. The summed E-state index contributed by atoms with van der Waals surface area (Å²) in [4.78, 5) is 38.3. The molecule has 2 aromatic rings. The highest BCUT2D eigenvalue weighted by molar-refractivity contribution is 5.95. The van der Waals surface area contributed by atoms with Crippen molar-refractivity contribution in [2.24, 2.45) is 0 Å². The van der Waals surface area contributed by atoms with Crippen LogP contribution in [0.3, 0.4) is 0 Å². The van der Waals surface area contributed by atoms with Crippen LogP contribution in [-0.2, 0) is 27.2 Å². The Bertz CT molecular complexity index is 991. The minimum absolute atomic E-state index is 0.00496. The molecule has 164 valence electrons. The third-order valence-electron chi connectivity index (χ3n) is 6.24.